The van der Waals surface area contributed by atoms with Gasteiger partial charge in [0.05, 0.1) is 6.61 Å². The van der Waals surface area contributed by atoms with Gasteiger partial charge in [0.25, 0.3) is 5.91 Å². The summed E-state index contributed by atoms with van der Waals surface area (Å²) in [7, 11) is 0. The van der Waals surface area contributed by atoms with E-state index in [2.05, 4.69) is 32.2 Å². The van der Waals surface area contributed by atoms with E-state index in [0.717, 1.165) is 16.9 Å². The van der Waals surface area contributed by atoms with Crippen LogP contribution in [0.1, 0.15) is 49.2 Å². The number of nitrogens with one attached hydrogen (secondary N) is 1. The zero-order valence-electron chi connectivity index (χ0n) is 20.1. The van der Waals surface area contributed by atoms with Crippen molar-refractivity contribution in [1.29, 1.82) is 0 Å². The van der Waals surface area contributed by atoms with E-state index in [4.69, 9.17) is 18.9 Å². The van der Waals surface area contributed by atoms with E-state index in [9.17, 15) is 4.79 Å². The van der Waals surface area contributed by atoms with E-state index in [1.165, 1.54) is 0 Å². The van der Waals surface area contributed by atoms with E-state index in [1.807, 2.05) is 37.3 Å². The van der Waals surface area contributed by atoms with Crippen molar-refractivity contribution in [2.24, 2.45) is 0 Å². The Hall–Kier alpha value is -3.67. The molecule has 1 amide bonds. The van der Waals surface area contributed by atoms with Gasteiger partial charge in [-0.25, -0.2) is 0 Å². The summed E-state index contributed by atoms with van der Waals surface area (Å²) in [5.74, 6) is 2.61. The second-order valence-corrected chi connectivity index (χ2v) is 9.10. The lowest BCUT2D eigenvalue weighted by atomic mass is 9.86. The van der Waals surface area contributed by atoms with Crippen LogP contribution in [0.2, 0.25) is 0 Å². The molecule has 34 heavy (non-hydrogen) atoms. The number of hydrogen-bond acceptors (Lipinski definition) is 5. The fourth-order valence-electron chi connectivity index (χ4n) is 3.82. The van der Waals surface area contributed by atoms with Gasteiger partial charge in [-0.3, -0.25) is 4.79 Å². The van der Waals surface area contributed by atoms with Crippen LogP contribution >= 0.6 is 0 Å². The molecule has 0 saturated heterocycles. The minimum atomic E-state index is -0.226. The molecule has 6 nitrogen and oxygen atoms in total. The first-order valence-corrected chi connectivity index (χ1v) is 11.5. The number of carbonyl (C=O) groups is 1. The van der Waals surface area contributed by atoms with Gasteiger partial charge >= 0.3 is 0 Å². The molecule has 1 N–H and O–H groups in total. The first-order valence-electron chi connectivity index (χ1n) is 11.5. The zero-order valence-corrected chi connectivity index (χ0v) is 20.1. The SMILES string of the molecule is CCOc1ccc(C(=O)Nc2ccc3c(c2)OCCO3)cc1COc1ccccc1C(C)(C)C. The third-order valence-corrected chi connectivity index (χ3v) is 5.50. The fourth-order valence-corrected chi connectivity index (χ4v) is 3.82. The van der Waals surface area contributed by atoms with E-state index in [1.54, 1.807) is 24.3 Å². The first kappa shape index (κ1) is 23.5. The molecule has 4 rings (SSSR count). The van der Waals surface area contributed by atoms with Crippen LogP contribution in [-0.2, 0) is 12.0 Å². The number of para-hydroxylation sites is 1. The number of anilines is 1. The van der Waals surface area contributed by atoms with Crippen LogP contribution in [0.5, 0.6) is 23.0 Å². The molecule has 1 heterocycles. The number of ether oxygens (including phenoxy) is 4. The van der Waals surface area contributed by atoms with Crippen LogP contribution < -0.4 is 24.3 Å². The molecule has 0 saturated carbocycles. The zero-order chi connectivity index (χ0) is 24.1. The third kappa shape index (κ3) is 5.45. The summed E-state index contributed by atoms with van der Waals surface area (Å²) in [6, 6.07) is 18.8. The lowest BCUT2D eigenvalue weighted by Crippen LogP contribution is -2.17. The van der Waals surface area contributed by atoms with E-state index >= 15 is 0 Å². The Morgan fingerprint density at radius 1 is 0.912 bits per heavy atom. The molecular formula is C28H31NO5. The Morgan fingerprint density at radius 3 is 2.44 bits per heavy atom. The van der Waals surface area contributed by atoms with E-state index in [0.29, 0.717) is 48.3 Å². The molecule has 3 aromatic rings. The molecule has 3 aromatic carbocycles. The summed E-state index contributed by atoms with van der Waals surface area (Å²) in [4.78, 5) is 13.0. The third-order valence-electron chi connectivity index (χ3n) is 5.50. The second kappa shape index (κ2) is 10.1. The molecule has 0 spiro atoms. The Kier molecular flexibility index (Phi) is 6.96. The van der Waals surface area contributed by atoms with Gasteiger partial charge in [0.2, 0.25) is 0 Å². The Balaban J connectivity index is 1.53. The summed E-state index contributed by atoms with van der Waals surface area (Å²) < 4.78 is 23.2. The number of carbonyl (C=O) groups excluding carboxylic acids is 1. The molecule has 0 atom stereocenters. The van der Waals surface area contributed by atoms with Crippen LogP contribution in [0.3, 0.4) is 0 Å². The van der Waals surface area contributed by atoms with Crippen molar-refractivity contribution < 1.29 is 23.7 Å². The van der Waals surface area contributed by atoms with Crippen LogP contribution in [0, 0.1) is 0 Å². The molecular weight excluding hydrogens is 430 g/mol. The summed E-state index contributed by atoms with van der Waals surface area (Å²) in [6.07, 6.45) is 0. The van der Waals surface area contributed by atoms with E-state index in [-0.39, 0.29) is 17.9 Å². The Bertz CT molecular complexity index is 1170. The van der Waals surface area contributed by atoms with Crippen molar-refractivity contribution in [3.8, 4) is 23.0 Å². The average Bonchev–Trinajstić information content (AvgIpc) is 2.83. The molecule has 0 fully saturated rings. The molecule has 0 aromatic heterocycles. The number of hydrogen-bond donors (Lipinski definition) is 1. The highest BCUT2D eigenvalue weighted by Gasteiger charge is 2.19. The predicted octanol–water partition coefficient (Wildman–Crippen LogP) is 5.99. The van der Waals surface area contributed by atoms with Gasteiger partial charge in [0.1, 0.15) is 31.3 Å². The number of fused-ring (bicyclic) bond motifs is 1. The average molecular weight is 462 g/mol. The molecule has 6 heteroatoms. The standard InChI is InChI=1S/C28H31NO5/c1-5-31-23-12-10-19(27(30)29-21-11-13-25-26(17-21)33-15-14-32-25)16-20(23)18-34-24-9-7-6-8-22(24)28(2,3)4/h6-13,16-17H,5,14-15,18H2,1-4H3,(H,29,30). The Morgan fingerprint density at radius 2 is 1.68 bits per heavy atom. The highest BCUT2D eigenvalue weighted by Crippen LogP contribution is 2.34. The van der Waals surface area contributed by atoms with Crippen molar-refractivity contribution in [2.75, 3.05) is 25.1 Å². The summed E-state index contributed by atoms with van der Waals surface area (Å²) >= 11 is 0. The topological polar surface area (TPSA) is 66.0 Å². The minimum Gasteiger partial charge on any atom is -0.493 e. The van der Waals surface area contributed by atoms with Crippen molar-refractivity contribution in [3.05, 3.63) is 77.4 Å². The largest absolute Gasteiger partial charge is 0.493 e. The van der Waals surface area contributed by atoms with Crippen molar-refractivity contribution in [3.63, 3.8) is 0 Å². The maximum atomic E-state index is 13.0. The molecule has 0 radical (unpaired) electrons. The van der Waals surface area contributed by atoms with Gasteiger partial charge in [-0.05, 0) is 54.3 Å². The molecule has 178 valence electrons. The monoisotopic (exact) mass is 461 g/mol. The van der Waals surface area contributed by atoms with E-state index < -0.39 is 0 Å². The summed E-state index contributed by atoms with van der Waals surface area (Å²) in [6.45, 7) is 10.2. The maximum absolute atomic E-state index is 13.0. The molecule has 1 aliphatic rings. The van der Waals surface area contributed by atoms with Crippen LogP contribution in [0.15, 0.2) is 60.7 Å². The van der Waals surface area contributed by atoms with Crippen LogP contribution in [0.4, 0.5) is 5.69 Å². The predicted molar refractivity (Wildman–Crippen MR) is 132 cm³/mol. The number of rotatable bonds is 7. The maximum Gasteiger partial charge on any atom is 0.255 e. The molecule has 0 bridgehead atoms. The van der Waals surface area contributed by atoms with Gasteiger partial charge in [0, 0.05) is 22.9 Å². The first-order chi connectivity index (χ1) is 16.3. The molecule has 0 aliphatic carbocycles. The number of amides is 1. The lowest BCUT2D eigenvalue weighted by Gasteiger charge is -2.23. The van der Waals surface area contributed by atoms with Gasteiger partial charge in [-0.2, -0.15) is 0 Å². The van der Waals surface area contributed by atoms with Crippen LogP contribution in [0.25, 0.3) is 0 Å². The van der Waals surface area contributed by atoms with Crippen molar-refractivity contribution in [1.82, 2.24) is 0 Å². The van der Waals surface area contributed by atoms with Gasteiger partial charge in [-0.15, -0.1) is 0 Å². The minimum absolute atomic E-state index is 0.0509. The Labute approximate surface area is 200 Å². The fraction of sp³-hybridized carbons (Fsp3) is 0.321. The second-order valence-electron chi connectivity index (χ2n) is 9.10. The van der Waals surface area contributed by atoms with Gasteiger partial charge in [-0.1, -0.05) is 39.0 Å². The highest BCUT2D eigenvalue weighted by molar-refractivity contribution is 6.04. The quantitative estimate of drug-likeness (QED) is 0.468. The number of benzene rings is 3. The molecule has 1 aliphatic heterocycles. The summed E-state index contributed by atoms with van der Waals surface area (Å²) in [5, 5.41) is 2.93. The van der Waals surface area contributed by atoms with Crippen molar-refractivity contribution in [2.45, 2.75) is 39.7 Å². The van der Waals surface area contributed by atoms with Crippen molar-refractivity contribution >= 4 is 11.6 Å². The highest BCUT2D eigenvalue weighted by atomic mass is 16.6. The summed E-state index contributed by atoms with van der Waals surface area (Å²) in [5.41, 5.74) is 3.03. The van der Waals surface area contributed by atoms with Gasteiger partial charge < -0.3 is 24.3 Å². The van der Waals surface area contributed by atoms with Gasteiger partial charge in [0.15, 0.2) is 11.5 Å². The lowest BCUT2D eigenvalue weighted by molar-refractivity contribution is 0.102. The normalized spacial score (nSPS) is 12.7. The smallest absolute Gasteiger partial charge is 0.255 e. The van der Waals surface area contributed by atoms with Crippen LogP contribution in [-0.4, -0.2) is 25.7 Å². The molecule has 0 unspecified atom stereocenters.